The van der Waals surface area contributed by atoms with Crippen LogP contribution >= 0.6 is 7.14 Å². The predicted octanol–water partition coefficient (Wildman–Crippen LogP) is 2.55. The maximum atomic E-state index is 13.8. The van der Waals surface area contributed by atoms with Crippen molar-refractivity contribution < 1.29 is 14.2 Å². The number of carbonyl (C=O) groups is 2. The van der Waals surface area contributed by atoms with Crippen molar-refractivity contribution in [3.05, 3.63) is 60.7 Å². The highest BCUT2D eigenvalue weighted by atomic mass is 31.2. The molecule has 0 unspecified atom stereocenters. The number of hydrogen-bond acceptors (Lipinski definition) is 3. The topological polar surface area (TPSA) is 51.2 Å². The minimum Gasteiger partial charge on any atom is -0.312 e. The van der Waals surface area contributed by atoms with Crippen LogP contribution in [0.4, 0.5) is 0 Å². The molecule has 21 heavy (non-hydrogen) atoms. The summed E-state index contributed by atoms with van der Waals surface area (Å²) in [4.78, 5) is 24.0. The van der Waals surface area contributed by atoms with E-state index in [1.165, 1.54) is 13.8 Å². The van der Waals surface area contributed by atoms with E-state index < -0.39 is 12.8 Å². The van der Waals surface area contributed by atoms with E-state index in [2.05, 4.69) is 0 Å². The summed E-state index contributed by atoms with van der Waals surface area (Å²) in [5.74, 6) is -0.725. The third-order valence-electron chi connectivity index (χ3n) is 3.41. The minimum absolute atomic E-state index is 0.362. The molecule has 2 rings (SSSR count). The van der Waals surface area contributed by atoms with Crippen molar-refractivity contribution in [1.29, 1.82) is 0 Å². The maximum absolute atomic E-state index is 13.8. The van der Waals surface area contributed by atoms with Gasteiger partial charge in [-0.2, -0.15) is 0 Å². The normalized spacial score (nSPS) is 11.4. The summed E-state index contributed by atoms with van der Waals surface area (Å²) in [6.07, 6.45) is 0. The molecule has 0 aromatic heterocycles. The fraction of sp³-hybridized carbons (Fsp3) is 0.176. The summed E-state index contributed by atoms with van der Waals surface area (Å²) in [6, 6.07) is 17.6. The fourth-order valence-electron chi connectivity index (χ4n) is 2.54. The number of ketones is 2. The fourth-order valence-corrected chi connectivity index (χ4v) is 5.69. The second-order valence-corrected chi connectivity index (χ2v) is 7.82. The van der Waals surface area contributed by atoms with Crippen molar-refractivity contribution in [3.8, 4) is 0 Å². The lowest BCUT2D eigenvalue weighted by Gasteiger charge is -2.25. The summed E-state index contributed by atoms with van der Waals surface area (Å²) in [7, 11) is -3.35. The Labute approximate surface area is 124 Å². The van der Waals surface area contributed by atoms with Crippen molar-refractivity contribution >= 4 is 29.3 Å². The van der Waals surface area contributed by atoms with Crippen molar-refractivity contribution in [2.45, 2.75) is 19.5 Å². The molecule has 2 aromatic rings. The van der Waals surface area contributed by atoms with Gasteiger partial charge < -0.3 is 4.57 Å². The van der Waals surface area contributed by atoms with Crippen LogP contribution in [-0.2, 0) is 14.2 Å². The van der Waals surface area contributed by atoms with Gasteiger partial charge in [0.25, 0.3) is 0 Å². The molecule has 0 heterocycles. The molecule has 0 aliphatic heterocycles. The highest BCUT2D eigenvalue weighted by Gasteiger charge is 2.42. The van der Waals surface area contributed by atoms with Gasteiger partial charge in [-0.15, -0.1) is 0 Å². The van der Waals surface area contributed by atoms with Crippen LogP contribution in [-0.4, -0.2) is 17.2 Å². The standard InChI is InChI=1S/C17H17O3P/c1-13(18)17(14(2)19)21(20,15-9-5-3-6-10-15)16-11-7-4-8-12-16/h3-12,17H,1-2H3. The Bertz CT molecular complexity index is 635. The van der Waals surface area contributed by atoms with Crippen molar-refractivity contribution in [1.82, 2.24) is 0 Å². The third kappa shape index (κ3) is 2.88. The molecule has 3 nitrogen and oxygen atoms in total. The molecule has 2 aromatic carbocycles. The first-order valence-electron chi connectivity index (χ1n) is 6.69. The molecule has 0 bridgehead atoms. The van der Waals surface area contributed by atoms with Crippen LogP contribution in [0.2, 0.25) is 0 Å². The average Bonchev–Trinajstić information content (AvgIpc) is 2.48. The first kappa shape index (κ1) is 15.4. The Hall–Kier alpha value is -1.99. The van der Waals surface area contributed by atoms with E-state index in [-0.39, 0.29) is 11.6 Å². The van der Waals surface area contributed by atoms with Crippen molar-refractivity contribution in [2.24, 2.45) is 0 Å². The van der Waals surface area contributed by atoms with Gasteiger partial charge in [-0.25, -0.2) is 0 Å². The summed E-state index contributed by atoms with van der Waals surface area (Å²) in [5, 5.41) is 1.07. The largest absolute Gasteiger partial charge is 0.312 e. The van der Waals surface area contributed by atoms with Crippen molar-refractivity contribution in [2.75, 3.05) is 0 Å². The first-order valence-corrected chi connectivity index (χ1v) is 8.47. The smallest absolute Gasteiger partial charge is 0.160 e. The van der Waals surface area contributed by atoms with Gasteiger partial charge in [0.1, 0.15) is 17.2 Å². The zero-order valence-electron chi connectivity index (χ0n) is 12.0. The summed E-state index contributed by atoms with van der Waals surface area (Å²) < 4.78 is 13.8. The molecule has 0 radical (unpaired) electrons. The zero-order chi connectivity index (χ0) is 15.5. The molecule has 0 atom stereocenters. The van der Waals surface area contributed by atoms with Gasteiger partial charge in [0.2, 0.25) is 0 Å². The lowest BCUT2D eigenvalue weighted by Crippen LogP contribution is -2.35. The predicted molar refractivity (Wildman–Crippen MR) is 84.9 cm³/mol. The number of hydrogen-bond donors (Lipinski definition) is 0. The first-order chi connectivity index (χ1) is 9.98. The SMILES string of the molecule is CC(=O)C(C(C)=O)P(=O)(c1ccccc1)c1ccccc1. The molecule has 0 saturated heterocycles. The molecule has 0 aliphatic carbocycles. The van der Waals surface area contributed by atoms with E-state index in [0.717, 1.165) is 0 Å². The minimum atomic E-state index is -3.35. The monoisotopic (exact) mass is 300 g/mol. The Morgan fingerprint density at radius 1 is 0.762 bits per heavy atom. The van der Waals surface area contributed by atoms with Gasteiger partial charge >= 0.3 is 0 Å². The quantitative estimate of drug-likeness (QED) is 0.630. The van der Waals surface area contributed by atoms with E-state index in [4.69, 9.17) is 0 Å². The van der Waals surface area contributed by atoms with Gasteiger partial charge in [-0.1, -0.05) is 60.7 Å². The molecular weight excluding hydrogens is 283 g/mol. The molecule has 0 aliphatic rings. The zero-order valence-corrected chi connectivity index (χ0v) is 12.9. The summed E-state index contributed by atoms with van der Waals surface area (Å²) >= 11 is 0. The maximum Gasteiger partial charge on any atom is 0.160 e. The lowest BCUT2D eigenvalue weighted by molar-refractivity contribution is -0.124. The second kappa shape index (κ2) is 6.19. The van der Waals surface area contributed by atoms with Crippen LogP contribution in [0.25, 0.3) is 0 Å². The molecule has 108 valence electrons. The second-order valence-electron chi connectivity index (χ2n) is 4.95. The molecule has 4 heteroatoms. The molecule has 0 fully saturated rings. The summed E-state index contributed by atoms with van der Waals surface area (Å²) in [6.45, 7) is 2.65. The van der Waals surface area contributed by atoms with Crippen LogP contribution in [0.1, 0.15) is 13.8 Å². The molecular formula is C17H17O3P. The highest BCUT2D eigenvalue weighted by molar-refractivity contribution is 7.81. The Kier molecular flexibility index (Phi) is 4.54. The van der Waals surface area contributed by atoms with Crippen LogP contribution in [0.5, 0.6) is 0 Å². The highest BCUT2D eigenvalue weighted by Crippen LogP contribution is 2.49. The van der Waals surface area contributed by atoms with E-state index in [1.54, 1.807) is 48.5 Å². The Morgan fingerprint density at radius 3 is 1.38 bits per heavy atom. The van der Waals surface area contributed by atoms with Gasteiger partial charge in [0.15, 0.2) is 7.14 Å². The molecule has 0 amide bonds. The molecule has 0 spiro atoms. The summed E-state index contributed by atoms with van der Waals surface area (Å²) in [5.41, 5.74) is -1.12. The Balaban J connectivity index is 2.74. The Morgan fingerprint density at radius 2 is 1.10 bits per heavy atom. The van der Waals surface area contributed by atoms with Crippen LogP contribution in [0, 0.1) is 0 Å². The van der Waals surface area contributed by atoms with Gasteiger partial charge in [-0.3, -0.25) is 9.59 Å². The lowest BCUT2D eigenvalue weighted by atomic mass is 10.2. The number of Topliss-reactive ketones (excluding diaryl/α,β-unsaturated/α-hetero) is 2. The van der Waals surface area contributed by atoms with Gasteiger partial charge in [0.05, 0.1) is 0 Å². The van der Waals surface area contributed by atoms with E-state index in [9.17, 15) is 14.2 Å². The average molecular weight is 300 g/mol. The van der Waals surface area contributed by atoms with E-state index in [1.807, 2.05) is 12.1 Å². The molecule has 0 saturated carbocycles. The van der Waals surface area contributed by atoms with Crippen LogP contribution in [0.3, 0.4) is 0 Å². The third-order valence-corrected chi connectivity index (χ3v) is 7.00. The van der Waals surface area contributed by atoms with Crippen LogP contribution < -0.4 is 10.6 Å². The van der Waals surface area contributed by atoms with Crippen LogP contribution in [0.15, 0.2) is 60.7 Å². The van der Waals surface area contributed by atoms with Gasteiger partial charge in [0, 0.05) is 10.6 Å². The van der Waals surface area contributed by atoms with Crippen molar-refractivity contribution in [3.63, 3.8) is 0 Å². The number of carbonyl (C=O) groups excluding carboxylic acids is 2. The van der Waals surface area contributed by atoms with E-state index in [0.29, 0.717) is 10.6 Å². The van der Waals surface area contributed by atoms with E-state index >= 15 is 0 Å². The number of rotatable bonds is 5. The van der Waals surface area contributed by atoms with Gasteiger partial charge in [-0.05, 0) is 13.8 Å². The number of benzene rings is 2. The molecule has 0 N–H and O–H groups in total.